The van der Waals surface area contributed by atoms with Crippen LogP contribution in [0.3, 0.4) is 0 Å². The standard InChI is InChI=1S/C16H17ClFN3/c1-10-11(4-3-5-12(10)17)8-13(18)16-20-14-9-19-7-6-15(14)21(16)2/h3-5,8,19H,6-7,9H2,1-2H3. The maximum absolute atomic E-state index is 14.6. The number of aromatic nitrogens is 2. The van der Waals surface area contributed by atoms with Gasteiger partial charge in [-0.25, -0.2) is 9.37 Å². The van der Waals surface area contributed by atoms with Crippen molar-refractivity contribution in [2.75, 3.05) is 6.54 Å². The molecule has 0 aliphatic carbocycles. The molecule has 0 radical (unpaired) electrons. The molecule has 2 aromatic rings. The Morgan fingerprint density at radius 3 is 3.05 bits per heavy atom. The van der Waals surface area contributed by atoms with Gasteiger partial charge in [-0.1, -0.05) is 23.7 Å². The summed E-state index contributed by atoms with van der Waals surface area (Å²) in [7, 11) is 1.87. The van der Waals surface area contributed by atoms with Crippen LogP contribution in [-0.2, 0) is 20.0 Å². The lowest BCUT2D eigenvalue weighted by atomic mass is 10.1. The minimum Gasteiger partial charge on any atom is -0.329 e. The largest absolute Gasteiger partial charge is 0.329 e. The second-order valence-electron chi connectivity index (χ2n) is 5.26. The summed E-state index contributed by atoms with van der Waals surface area (Å²) in [4.78, 5) is 4.42. The number of halogens is 2. The highest BCUT2D eigenvalue weighted by atomic mass is 35.5. The van der Waals surface area contributed by atoms with E-state index in [1.807, 2.05) is 30.7 Å². The van der Waals surface area contributed by atoms with Crippen molar-refractivity contribution in [1.29, 1.82) is 0 Å². The molecule has 3 rings (SSSR count). The lowest BCUT2D eigenvalue weighted by Crippen LogP contribution is -2.24. The fraction of sp³-hybridized carbons (Fsp3) is 0.312. The third-order valence-corrected chi connectivity index (χ3v) is 4.34. The molecule has 110 valence electrons. The van der Waals surface area contributed by atoms with Crippen LogP contribution in [0.25, 0.3) is 11.9 Å². The molecule has 1 N–H and O–H groups in total. The predicted molar refractivity (Wildman–Crippen MR) is 83.8 cm³/mol. The molecule has 5 heteroatoms. The fourth-order valence-electron chi connectivity index (χ4n) is 2.65. The van der Waals surface area contributed by atoms with Gasteiger partial charge in [-0.2, -0.15) is 0 Å². The minimum atomic E-state index is -0.336. The zero-order chi connectivity index (χ0) is 15.0. The number of fused-ring (bicyclic) bond motifs is 1. The Hall–Kier alpha value is -1.65. The predicted octanol–water partition coefficient (Wildman–Crippen LogP) is 3.50. The van der Waals surface area contributed by atoms with Gasteiger partial charge in [0.15, 0.2) is 11.7 Å². The van der Waals surface area contributed by atoms with Crippen molar-refractivity contribution >= 4 is 23.5 Å². The Morgan fingerprint density at radius 1 is 1.48 bits per heavy atom. The van der Waals surface area contributed by atoms with E-state index in [0.29, 0.717) is 17.4 Å². The molecule has 1 aromatic carbocycles. The van der Waals surface area contributed by atoms with Gasteiger partial charge < -0.3 is 9.88 Å². The molecule has 0 amide bonds. The van der Waals surface area contributed by atoms with Crippen LogP contribution in [-0.4, -0.2) is 16.1 Å². The summed E-state index contributed by atoms with van der Waals surface area (Å²) in [5, 5.41) is 3.89. The summed E-state index contributed by atoms with van der Waals surface area (Å²) in [6, 6.07) is 5.48. The summed E-state index contributed by atoms with van der Waals surface area (Å²) < 4.78 is 16.4. The third kappa shape index (κ3) is 2.61. The van der Waals surface area contributed by atoms with Crippen LogP contribution in [0, 0.1) is 6.92 Å². The van der Waals surface area contributed by atoms with Gasteiger partial charge in [0.2, 0.25) is 0 Å². The van der Waals surface area contributed by atoms with Crippen molar-refractivity contribution in [2.24, 2.45) is 7.05 Å². The molecule has 0 fully saturated rings. The zero-order valence-corrected chi connectivity index (χ0v) is 12.8. The van der Waals surface area contributed by atoms with Gasteiger partial charge in [0, 0.05) is 37.3 Å². The maximum Gasteiger partial charge on any atom is 0.169 e. The number of hydrogen-bond donors (Lipinski definition) is 1. The first kappa shape index (κ1) is 14.3. The Morgan fingerprint density at radius 2 is 2.29 bits per heavy atom. The first-order valence-electron chi connectivity index (χ1n) is 6.96. The second kappa shape index (κ2) is 5.62. The van der Waals surface area contributed by atoms with Gasteiger partial charge in [0.25, 0.3) is 0 Å². The molecule has 1 aromatic heterocycles. The molecule has 3 nitrogen and oxygen atoms in total. The van der Waals surface area contributed by atoms with Crippen LogP contribution in [0.15, 0.2) is 18.2 Å². The molecule has 0 bridgehead atoms. The van der Waals surface area contributed by atoms with Crippen LogP contribution in [0.4, 0.5) is 4.39 Å². The van der Waals surface area contributed by atoms with Crippen molar-refractivity contribution in [3.05, 3.63) is 51.6 Å². The van der Waals surface area contributed by atoms with Gasteiger partial charge in [-0.15, -0.1) is 0 Å². The van der Waals surface area contributed by atoms with Gasteiger partial charge in [-0.3, -0.25) is 0 Å². The Bertz CT molecular complexity index is 719. The van der Waals surface area contributed by atoms with Crippen molar-refractivity contribution < 1.29 is 4.39 Å². The average molecular weight is 306 g/mol. The summed E-state index contributed by atoms with van der Waals surface area (Å²) >= 11 is 6.08. The quantitative estimate of drug-likeness (QED) is 0.920. The van der Waals surface area contributed by atoms with E-state index in [4.69, 9.17) is 11.6 Å². The molecule has 1 aliphatic heterocycles. The van der Waals surface area contributed by atoms with Crippen molar-refractivity contribution in [3.63, 3.8) is 0 Å². The molecule has 0 atom stereocenters. The van der Waals surface area contributed by atoms with Crippen LogP contribution < -0.4 is 5.32 Å². The van der Waals surface area contributed by atoms with Crippen LogP contribution in [0.2, 0.25) is 5.02 Å². The van der Waals surface area contributed by atoms with Crippen LogP contribution in [0.1, 0.15) is 28.3 Å². The molecule has 0 saturated carbocycles. The smallest absolute Gasteiger partial charge is 0.169 e. The molecule has 21 heavy (non-hydrogen) atoms. The number of benzene rings is 1. The Kier molecular flexibility index (Phi) is 3.83. The van der Waals surface area contributed by atoms with Gasteiger partial charge in [0.05, 0.1) is 5.69 Å². The first-order chi connectivity index (χ1) is 10.1. The highest BCUT2D eigenvalue weighted by Gasteiger charge is 2.19. The topological polar surface area (TPSA) is 29.9 Å². The molecular formula is C16H17ClFN3. The van der Waals surface area contributed by atoms with E-state index < -0.39 is 0 Å². The normalized spacial score (nSPS) is 15.1. The van der Waals surface area contributed by atoms with Gasteiger partial charge >= 0.3 is 0 Å². The van der Waals surface area contributed by atoms with E-state index in [0.717, 1.165) is 35.5 Å². The molecule has 0 unspecified atom stereocenters. The van der Waals surface area contributed by atoms with E-state index in [2.05, 4.69) is 10.3 Å². The minimum absolute atomic E-state index is 0.336. The monoisotopic (exact) mass is 305 g/mol. The molecule has 2 heterocycles. The molecular weight excluding hydrogens is 289 g/mol. The fourth-order valence-corrected chi connectivity index (χ4v) is 2.83. The summed E-state index contributed by atoms with van der Waals surface area (Å²) in [6.07, 6.45) is 2.38. The number of hydrogen-bond acceptors (Lipinski definition) is 2. The maximum atomic E-state index is 14.6. The lowest BCUT2D eigenvalue weighted by molar-refractivity contribution is 0.611. The summed E-state index contributed by atoms with van der Waals surface area (Å²) in [6.45, 7) is 3.49. The average Bonchev–Trinajstić information content (AvgIpc) is 2.82. The first-order valence-corrected chi connectivity index (χ1v) is 7.33. The zero-order valence-electron chi connectivity index (χ0n) is 12.1. The number of nitrogens with zero attached hydrogens (tertiary/aromatic N) is 2. The van der Waals surface area contributed by atoms with Crippen LogP contribution >= 0.6 is 11.6 Å². The van der Waals surface area contributed by atoms with E-state index in [9.17, 15) is 4.39 Å². The number of nitrogens with one attached hydrogen (secondary N) is 1. The van der Waals surface area contributed by atoms with Gasteiger partial charge in [0.1, 0.15) is 0 Å². The highest BCUT2D eigenvalue weighted by Crippen LogP contribution is 2.26. The summed E-state index contributed by atoms with van der Waals surface area (Å²) in [5.41, 5.74) is 3.69. The van der Waals surface area contributed by atoms with Crippen LogP contribution in [0.5, 0.6) is 0 Å². The molecule has 0 spiro atoms. The van der Waals surface area contributed by atoms with E-state index >= 15 is 0 Å². The SMILES string of the molecule is Cc1c(Cl)cccc1C=C(F)c1nc2c(n1C)CCNC2. The van der Waals surface area contributed by atoms with E-state index in [1.165, 1.54) is 6.08 Å². The molecule has 1 aliphatic rings. The second-order valence-corrected chi connectivity index (χ2v) is 5.67. The van der Waals surface area contributed by atoms with Crippen molar-refractivity contribution in [3.8, 4) is 0 Å². The molecule has 0 saturated heterocycles. The van der Waals surface area contributed by atoms with E-state index in [-0.39, 0.29) is 5.83 Å². The Balaban J connectivity index is 2.02. The van der Waals surface area contributed by atoms with Gasteiger partial charge in [-0.05, 0) is 30.2 Å². The number of rotatable bonds is 2. The highest BCUT2D eigenvalue weighted by molar-refractivity contribution is 6.31. The van der Waals surface area contributed by atoms with Crippen molar-refractivity contribution in [2.45, 2.75) is 19.9 Å². The summed E-state index contributed by atoms with van der Waals surface area (Å²) in [5.74, 6) is 0.0420. The number of imidazole rings is 1. The lowest BCUT2D eigenvalue weighted by Gasteiger charge is -2.12. The van der Waals surface area contributed by atoms with Crippen molar-refractivity contribution in [1.82, 2.24) is 14.9 Å². The third-order valence-electron chi connectivity index (χ3n) is 3.93. The van der Waals surface area contributed by atoms with E-state index in [1.54, 1.807) is 6.07 Å². The Labute approximate surface area is 128 Å².